The highest BCUT2D eigenvalue weighted by Gasteiger charge is 2.13. The number of urea groups is 1. The molecule has 0 aliphatic rings. The smallest absolute Gasteiger partial charge is 0.320 e. The Morgan fingerprint density at radius 2 is 2.00 bits per heavy atom. The second-order valence-corrected chi connectivity index (χ2v) is 5.97. The van der Waals surface area contributed by atoms with E-state index in [1.165, 1.54) is 0 Å². The van der Waals surface area contributed by atoms with Crippen LogP contribution in [-0.2, 0) is 6.54 Å². The summed E-state index contributed by atoms with van der Waals surface area (Å²) in [7, 11) is 0. The molecule has 2 N–H and O–H groups in total. The number of hydrogen-bond acceptors (Lipinski definition) is 3. The molecule has 0 saturated carbocycles. The van der Waals surface area contributed by atoms with Crippen LogP contribution < -0.4 is 10.6 Å². The molecule has 2 heterocycles. The van der Waals surface area contributed by atoms with E-state index < -0.39 is 0 Å². The van der Waals surface area contributed by atoms with E-state index in [0.29, 0.717) is 17.4 Å². The lowest BCUT2D eigenvalue weighted by Gasteiger charge is -2.15. The summed E-state index contributed by atoms with van der Waals surface area (Å²) in [5.41, 5.74) is 1.76. The summed E-state index contributed by atoms with van der Waals surface area (Å²) in [6.45, 7) is 2.42. The van der Waals surface area contributed by atoms with Gasteiger partial charge in [0.25, 0.3) is 0 Å². The van der Waals surface area contributed by atoms with Gasteiger partial charge in [0.1, 0.15) is 0 Å². The van der Waals surface area contributed by atoms with Crippen LogP contribution in [0.15, 0.2) is 60.9 Å². The highest BCUT2D eigenvalue weighted by molar-refractivity contribution is 6.31. The van der Waals surface area contributed by atoms with Crippen LogP contribution >= 0.6 is 11.6 Å². The van der Waals surface area contributed by atoms with Gasteiger partial charge in [0.05, 0.1) is 18.3 Å². The number of pyridine rings is 1. The second-order valence-electron chi connectivity index (χ2n) is 5.56. The minimum Gasteiger partial charge on any atom is -0.331 e. The van der Waals surface area contributed by atoms with Crippen molar-refractivity contribution in [3.05, 3.63) is 77.2 Å². The molecule has 3 rings (SSSR count). The van der Waals surface area contributed by atoms with Gasteiger partial charge in [0.15, 0.2) is 5.82 Å². The molecule has 0 bridgehead atoms. The summed E-state index contributed by atoms with van der Waals surface area (Å²) >= 11 is 6.15. The number of anilines is 1. The highest BCUT2D eigenvalue weighted by atomic mass is 35.5. The fraction of sp³-hybridized carbons (Fsp3) is 0.167. The number of halogens is 1. The van der Waals surface area contributed by atoms with E-state index in [1.807, 2.05) is 43.3 Å². The normalized spacial score (nSPS) is 11.8. The Bertz CT molecular complexity index is 849. The van der Waals surface area contributed by atoms with Gasteiger partial charge in [-0.25, -0.2) is 4.79 Å². The minimum absolute atomic E-state index is 0.218. The molecule has 0 spiro atoms. The van der Waals surface area contributed by atoms with Crippen molar-refractivity contribution in [2.24, 2.45) is 0 Å². The van der Waals surface area contributed by atoms with Crippen LogP contribution in [0.25, 0.3) is 0 Å². The first-order chi connectivity index (χ1) is 12.1. The molecule has 2 amide bonds. The summed E-state index contributed by atoms with van der Waals surface area (Å²) in [5.74, 6) is 0.472. The quantitative estimate of drug-likeness (QED) is 0.730. The maximum atomic E-state index is 12.1. The molecule has 0 saturated heterocycles. The molecule has 6 nitrogen and oxygen atoms in total. The Kier molecular flexibility index (Phi) is 5.30. The maximum Gasteiger partial charge on any atom is 0.320 e. The first-order valence-electron chi connectivity index (χ1n) is 7.87. The molecule has 0 aliphatic heterocycles. The van der Waals surface area contributed by atoms with Crippen LogP contribution in [-0.4, -0.2) is 20.8 Å². The zero-order valence-corrected chi connectivity index (χ0v) is 14.4. The van der Waals surface area contributed by atoms with Crippen LogP contribution in [0.1, 0.15) is 24.2 Å². The van der Waals surface area contributed by atoms with Crippen molar-refractivity contribution >= 4 is 23.4 Å². The molecule has 0 radical (unpaired) electrons. The van der Waals surface area contributed by atoms with E-state index in [4.69, 9.17) is 11.6 Å². The van der Waals surface area contributed by atoms with Crippen molar-refractivity contribution < 1.29 is 4.79 Å². The monoisotopic (exact) mass is 355 g/mol. The standard InChI is InChI=1S/C18H18ClN5O/c1-13(15-7-2-3-8-16(15)19)21-18(25)22-17-9-11-24(23-17)12-14-6-4-5-10-20-14/h2-11,13H,12H2,1H3,(H2,21,22,23,25). The SMILES string of the molecule is CC(NC(=O)Nc1ccn(Cc2ccccn2)n1)c1ccccc1Cl. The van der Waals surface area contributed by atoms with Gasteiger partial charge in [0, 0.05) is 23.5 Å². The van der Waals surface area contributed by atoms with Crippen LogP contribution in [0, 0.1) is 0 Å². The predicted octanol–water partition coefficient (Wildman–Crippen LogP) is 3.86. The van der Waals surface area contributed by atoms with E-state index in [-0.39, 0.29) is 12.1 Å². The van der Waals surface area contributed by atoms with Crippen LogP contribution in [0.3, 0.4) is 0 Å². The Morgan fingerprint density at radius 1 is 1.20 bits per heavy atom. The number of nitrogens with zero attached hydrogens (tertiary/aromatic N) is 3. The lowest BCUT2D eigenvalue weighted by molar-refractivity contribution is 0.249. The van der Waals surface area contributed by atoms with Crippen LogP contribution in [0.4, 0.5) is 10.6 Å². The van der Waals surface area contributed by atoms with E-state index >= 15 is 0 Å². The molecular formula is C18H18ClN5O. The molecule has 1 aromatic carbocycles. The molecule has 128 valence electrons. The van der Waals surface area contributed by atoms with E-state index in [2.05, 4.69) is 20.7 Å². The Balaban J connectivity index is 1.57. The Labute approximate surface area is 150 Å². The van der Waals surface area contributed by atoms with Crippen molar-refractivity contribution in [2.75, 3.05) is 5.32 Å². The van der Waals surface area contributed by atoms with Crippen molar-refractivity contribution in [1.82, 2.24) is 20.1 Å². The van der Waals surface area contributed by atoms with Crippen molar-refractivity contribution in [1.29, 1.82) is 0 Å². The lowest BCUT2D eigenvalue weighted by atomic mass is 10.1. The Morgan fingerprint density at radius 3 is 2.76 bits per heavy atom. The van der Waals surface area contributed by atoms with Crippen molar-refractivity contribution in [3.8, 4) is 0 Å². The molecule has 0 aliphatic carbocycles. The molecule has 7 heteroatoms. The number of aromatic nitrogens is 3. The van der Waals surface area contributed by atoms with Gasteiger partial charge in [-0.3, -0.25) is 15.0 Å². The molecule has 3 aromatic rings. The average Bonchev–Trinajstić information content (AvgIpc) is 3.02. The second kappa shape index (κ2) is 7.81. The summed E-state index contributed by atoms with van der Waals surface area (Å²) in [5, 5.41) is 10.5. The third-order valence-electron chi connectivity index (χ3n) is 3.65. The third-order valence-corrected chi connectivity index (χ3v) is 4.00. The van der Waals surface area contributed by atoms with E-state index in [1.54, 1.807) is 29.2 Å². The van der Waals surface area contributed by atoms with Gasteiger partial charge in [-0.2, -0.15) is 5.10 Å². The summed E-state index contributed by atoms with van der Waals surface area (Å²) in [4.78, 5) is 16.4. The maximum absolute atomic E-state index is 12.1. The first kappa shape index (κ1) is 17.0. The van der Waals surface area contributed by atoms with Gasteiger partial charge in [0.2, 0.25) is 0 Å². The molecule has 0 fully saturated rings. The van der Waals surface area contributed by atoms with E-state index in [9.17, 15) is 4.79 Å². The lowest BCUT2D eigenvalue weighted by Crippen LogP contribution is -2.31. The molecular weight excluding hydrogens is 338 g/mol. The number of carbonyl (C=O) groups excluding carboxylic acids is 1. The van der Waals surface area contributed by atoms with Gasteiger partial charge >= 0.3 is 6.03 Å². The first-order valence-corrected chi connectivity index (χ1v) is 8.25. The van der Waals surface area contributed by atoms with Gasteiger partial charge in [-0.15, -0.1) is 0 Å². The summed E-state index contributed by atoms with van der Waals surface area (Å²) in [6, 6.07) is 14.3. The number of amides is 2. The Hall–Kier alpha value is -2.86. The molecule has 1 unspecified atom stereocenters. The fourth-order valence-corrected chi connectivity index (χ4v) is 2.73. The topological polar surface area (TPSA) is 71.8 Å². The van der Waals surface area contributed by atoms with Crippen LogP contribution in [0.2, 0.25) is 5.02 Å². The minimum atomic E-state index is -0.337. The number of carbonyl (C=O) groups is 1. The number of rotatable bonds is 5. The number of benzene rings is 1. The summed E-state index contributed by atoms with van der Waals surface area (Å²) in [6.07, 6.45) is 3.53. The average molecular weight is 356 g/mol. The molecule has 2 aromatic heterocycles. The van der Waals surface area contributed by atoms with Gasteiger partial charge < -0.3 is 5.32 Å². The predicted molar refractivity (Wildman–Crippen MR) is 97.6 cm³/mol. The number of nitrogens with one attached hydrogen (secondary N) is 2. The van der Waals surface area contributed by atoms with Crippen molar-refractivity contribution in [2.45, 2.75) is 19.5 Å². The number of hydrogen-bond donors (Lipinski definition) is 2. The van der Waals surface area contributed by atoms with E-state index in [0.717, 1.165) is 11.3 Å². The van der Waals surface area contributed by atoms with Gasteiger partial charge in [-0.1, -0.05) is 35.9 Å². The largest absolute Gasteiger partial charge is 0.331 e. The van der Waals surface area contributed by atoms with Crippen molar-refractivity contribution in [3.63, 3.8) is 0 Å². The zero-order chi connectivity index (χ0) is 17.6. The fourth-order valence-electron chi connectivity index (χ4n) is 2.43. The highest BCUT2D eigenvalue weighted by Crippen LogP contribution is 2.22. The van der Waals surface area contributed by atoms with Crippen LogP contribution in [0.5, 0.6) is 0 Å². The third kappa shape index (κ3) is 4.58. The van der Waals surface area contributed by atoms with Gasteiger partial charge in [-0.05, 0) is 30.7 Å². The zero-order valence-electron chi connectivity index (χ0n) is 13.7. The molecule has 25 heavy (non-hydrogen) atoms. The molecule has 1 atom stereocenters. The summed E-state index contributed by atoms with van der Waals surface area (Å²) < 4.78 is 1.72.